The lowest BCUT2D eigenvalue weighted by Gasteiger charge is -2.30. The second kappa shape index (κ2) is 10.7. The molecule has 0 saturated carbocycles. The molecule has 2 aliphatic carbocycles. The van der Waals surface area contributed by atoms with Gasteiger partial charge in [0.2, 0.25) is 0 Å². The van der Waals surface area contributed by atoms with E-state index >= 15 is 0 Å². The number of hydrogen-bond acceptors (Lipinski definition) is 1. The van der Waals surface area contributed by atoms with Gasteiger partial charge in [-0.05, 0) is 90.3 Å². The molecule has 0 fully saturated rings. The molecule has 8 aromatic carbocycles. The maximum absolute atomic E-state index is 5.40. The summed E-state index contributed by atoms with van der Waals surface area (Å²) in [6.07, 6.45) is 0. The first-order valence-electron chi connectivity index (χ1n) is 17.7. The molecule has 0 bridgehead atoms. The maximum atomic E-state index is 5.40. The number of rotatable bonds is 3. The van der Waals surface area contributed by atoms with E-state index in [9.17, 15) is 0 Å². The van der Waals surface area contributed by atoms with Crippen LogP contribution in [0.1, 0.15) is 22.3 Å². The van der Waals surface area contributed by atoms with Crippen molar-refractivity contribution in [3.05, 3.63) is 210 Å². The first-order valence-corrected chi connectivity index (χ1v) is 17.7. The van der Waals surface area contributed by atoms with Crippen molar-refractivity contribution in [1.82, 2.24) is 4.98 Å². The number of nitrogens with zero attached hydrogens (tertiary/aromatic N) is 1. The van der Waals surface area contributed by atoms with Crippen LogP contribution >= 0.6 is 0 Å². The number of pyridine rings is 1. The summed E-state index contributed by atoms with van der Waals surface area (Å²) in [7, 11) is 0. The molecule has 0 aliphatic heterocycles. The molecule has 1 nitrogen and oxygen atoms in total. The lowest BCUT2D eigenvalue weighted by Crippen LogP contribution is -2.25. The summed E-state index contributed by atoms with van der Waals surface area (Å²) in [4.78, 5) is 5.40. The van der Waals surface area contributed by atoms with Crippen LogP contribution in [0.4, 0.5) is 0 Å². The minimum absolute atomic E-state index is 0.397. The van der Waals surface area contributed by atoms with E-state index in [1.807, 2.05) is 0 Å². The molecule has 1 heteroatoms. The van der Waals surface area contributed by atoms with Crippen molar-refractivity contribution in [1.29, 1.82) is 0 Å². The van der Waals surface area contributed by atoms with Gasteiger partial charge >= 0.3 is 0 Å². The minimum atomic E-state index is -0.397. The highest BCUT2D eigenvalue weighted by atomic mass is 14.7. The van der Waals surface area contributed by atoms with Gasteiger partial charge in [0.15, 0.2) is 0 Å². The smallest absolute Gasteiger partial charge is 0.0788 e. The van der Waals surface area contributed by atoms with E-state index in [2.05, 4.69) is 188 Å². The second-order valence-corrected chi connectivity index (χ2v) is 13.8. The summed E-state index contributed by atoms with van der Waals surface area (Å²) in [5.41, 5.74) is 18.3. The van der Waals surface area contributed by atoms with E-state index in [-0.39, 0.29) is 0 Å². The van der Waals surface area contributed by atoms with Gasteiger partial charge in [0.25, 0.3) is 0 Å². The first-order chi connectivity index (χ1) is 25.3. The molecule has 0 radical (unpaired) electrons. The zero-order chi connectivity index (χ0) is 33.5. The van der Waals surface area contributed by atoms with Crippen molar-refractivity contribution in [2.45, 2.75) is 5.41 Å². The Morgan fingerprint density at radius 2 is 0.745 bits per heavy atom. The summed E-state index contributed by atoms with van der Waals surface area (Å²) in [5.74, 6) is 0. The van der Waals surface area contributed by atoms with Crippen molar-refractivity contribution in [3.8, 4) is 55.8 Å². The lowest BCUT2D eigenvalue weighted by molar-refractivity contribution is 0.795. The van der Waals surface area contributed by atoms with E-state index in [0.717, 1.165) is 16.8 Å². The van der Waals surface area contributed by atoms with Crippen LogP contribution in [0.5, 0.6) is 0 Å². The Balaban J connectivity index is 1.13. The van der Waals surface area contributed by atoms with Gasteiger partial charge in [-0.15, -0.1) is 0 Å². The van der Waals surface area contributed by atoms with Crippen LogP contribution in [0.25, 0.3) is 77.4 Å². The van der Waals surface area contributed by atoms with Crippen LogP contribution in [0.15, 0.2) is 188 Å². The third-order valence-electron chi connectivity index (χ3n) is 11.3. The summed E-state index contributed by atoms with van der Waals surface area (Å²) < 4.78 is 0. The van der Waals surface area contributed by atoms with Crippen molar-refractivity contribution in [2.75, 3.05) is 0 Å². The van der Waals surface area contributed by atoms with Crippen LogP contribution in [0.3, 0.4) is 0 Å². The standard InChI is InChI=1S/C50H31N/c1-2-12-32(13-3-1)33-22-24-34(25-23-33)35-26-28-36(29-27-35)49-43-31-47-42(30-41(43)40-17-7-11-21-48(40)51-49)39-16-6-10-20-46(39)50(47)44-18-8-4-14-37(44)38-15-5-9-19-45(38)50/h1-31H. The number of aromatic nitrogens is 1. The molecular formula is C50H31N. The summed E-state index contributed by atoms with van der Waals surface area (Å²) in [6, 6.07) is 69.0. The zero-order valence-corrected chi connectivity index (χ0v) is 27.8. The molecule has 1 heterocycles. The van der Waals surface area contributed by atoms with Gasteiger partial charge in [0.05, 0.1) is 16.6 Å². The summed E-state index contributed by atoms with van der Waals surface area (Å²) >= 11 is 0. The molecule has 11 rings (SSSR count). The van der Waals surface area contributed by atoms with Crippen LogP contribution in [-0.2, 0) is 5.41 Å². The van der Waals surface area contributed by atoms with Gasteiger partial charge in [-0.1, -0.05) is 170 Å². The topological polar surface area (TPSA) is 12.9 Å². The highest BCUT2D eigenvalue weighted by Crippen LogP contribution is 2.63. The molecule has 9 aromatic rings. The van der Waals surface area contributed by atoms with E-state index in [1.165, 1.54) is 82.9 Å². The summed E-state index contributed by atoms with van der Waals surface area (Å²) in [5, 5.41) is 3.60. The molecule has 236 valence electrons. The SMILES string of the molecule is c1ccc(-c2ccc(-c3ccc(-c4nc5ccccc5c5cc6c(cc45)C4(c5ccccc5-c5ccccc54)c4ccccc4-6)cc3)cc2)cc1. The van der Waals surface area contributed by atoms with Crippen LogP contribution in [-0.4, -0.2) is 4.98 Å². The summed E-state index contributed by atoms with van der Waals surface area (Å²) in [6.45, 7) is 0. The predicted octanol–water partition coefficient (Wildman–Crippen LogP) is 12.7. The quantitative estimate of drug-likeness (QED) is 0.174. The Kier molecular flexibility index (Phi) is 5.94. The third-order valence-corrected chi connectivity index (χ3v) is 11.3. The molecule has 0 N–H and O–H groups in total. The van der Waals surface area contributed by atoms with Gasteiger partial charge in [0.1, 0.15) is 0 Å². The predicted molar refractivity (Wildman–Crippen MR) is 212 cm³/mol. The van der Waals surface area contributed by atoms with Gasteiger partial charge < -0.3 is 0 Å². The van der Waals surface area contributed by atoms with E-state index in [4.69, 9.17) is 4.98 Å². The van der Waals surface area contributed by atoms with Gasteiger partial charge in [-0.2, -0.15) is 0 Å². The Labute approximate surface area is 297 Å². The van der Waals surface area contributed by atoms with Gasteiger partial charge in [-0.25, -0.2) is 4.98 Å². The minimum Gasteiger partial charge on any atom is -0.247 e. The van der Waals surface area contributed by atoms with Crippen molar-refractivity contribution in [2.24, 2.45) is 0 Å². The Morgan fingerprint density at radius 1 is 0.294 bits per heavy atom. The van der Waals surface area contributed by atoms with Crippen LogP contribution < -0.4 is 0 Å². The molecule has 0 amide bonds. The average Bonchev–Trinajstić information content (AvgIpc) is 3.67. The molecule has 2 aliphatic rings. The number of para-hydroxylation sites is 1. The Hall–Kier alpha value is -6.57. The maximum Gasteiger partial charge on any atom is 0.0788 e. The molecule has 0 unspecified atom stereocenters. The molecule has 0 saturated heterocycles. The largest absolute Gasteiger partial charge is 0.247 e. The zero-order valence-electron chi connectivity index (χ0n) is 27.8. The highest BCUT2D eigenvalue weighted by Gasteiger charge is 2.51. The van der Waals surface area contributed by atoms with Gasteiger partial charge in [-0.3, -0.25) is 0 Å². The van der Waals surface area contributed by atoms with Crippen molar-refractivity contribution >= 4 is 21.7 Å². The number of hydrogen-bond donors (Lipinski definition) is 0. The Bertz CT molecular complexity index is 2780. The van der Waals surface area contributed by atoms with Crippen molar-refractivity contribution in [3.63, 3.8) is 0 Å². The average molecular weight is 646 g/mol. The monoisotopic (exact) mass is 645 g/mol. The molecule has 1 aromatic heterocycles. The fourth-order valence-electron chi connectivity index (χ4n) is 9.06. The van der Waals surface area contributed by atoms with E-state index in [1.54, 1.807) is 0 Å². The third kappa shape index (κ3) is 3.95. The van der Waals surface area contributed by atoms with Crippen molar-refractivity contribution < 1.29 is 0 Å². The first kappa shape index (κ1) is 28.3. The highest BCUT2D eigenvalue weighted by molar-refractivity contribution is 6.14. The van der Waals surface area contributed by atoms with Crippen LogP contribution in [0.2, 0.25) is 0 Å². The molecule has 0 atom stereocenters. The normalized spacial score (nSPS) is 13.3. The second-order valence-electron chi connectivity index (χ2n) is 13.8. The Morgan fingerprint density at radius 3 is 1.33 bits per heavy atom. The molecule has 1 spiro atoms. The number of benzene rings is 8. The fraction of sp³-hybridized carbons (Fsp3) is 0.0200. The number of fused-ring (bicyclic) bond motifs is 13. The molecule has 51 heavy (non-hydrogen) atoms. The van der Waals surface area contributed by atoms with Gasteiger partial charge in [0, 0.05) is 16.3 Å². The van der Waals surface area contributed by atoms with E-state index < -0.39 is 5.41 Å². The molecular weight excluding hydrogens is 615 g/mol. The lowest BCUT2D eigenvalue weighted by atomic mass is 9.70. The van der Waals surface area contributed by atoms with E-state index in [0.29, 0.717) is 0 Å². The fourth-order valence-corrected chi connectivity index (χ4v) is 9.06. The van der Waals surface area contributed by atoms with Crippen LogP contribution in [0, 0.1) is 0 Å².